The van der Waals surface area contributed by atoms with Gasteiger partial charge in [0.25, 0.3) is 0 Å². The molecule has 4 rings (SSSR count). The maximum atomic E-state index is 13.1. The topological polar surface area (TPSA) is 51.0 Å². The van der Waals surface area contributed by atoms with E-state index in [1.807, 2.05) is 59.8 Å². The number of hydrogen-bond acceptors (Lipinski definition) is 4. The van der Waals surface area contributed by atoms with E-state index < -0.39 is 0 Å². The summed E-state index contributed by atoms with van der Waals surface area (Å²) in [6.07, 6.45) is 0. The minimum Gasteiger partial charge on any atom is -0.311 e. The van der Waals surface area contributed by atoms with Crippen molar-refractivity contribution in [1.29, 1.82) is 0 Å². The van der Waals surface area contributed by atoms with Gasteiger partial charge in [-0.2, -0.15) is 0 Å². The Bertz CT molecular complexity index is 1180. The van der Waals surface area contributed by atoms with Crippen molar-refractivity contribution in [3.8, 4) is 11.4 Å². The molecule has 152 valence electrons. The molecule has 0 unspecified atom stereocenters. The second kappa shape index (κ2) is 8.71. The highest BCUT2D eigenvalue weighted by atomic mass is 32.2. The van der Waals surface area contributed by atoms with Crippen LogP contribution in [0.2, 0.25) is 0 Å². The van der Waals surface area contributed by atoms with Crippen molar-refractivity contribution in [2.75, 3.05) is 17.2 Å². The van der Waals surface area contributed by atoms with Gasteiger partial charge in [-0.15, -0.1) is 10.2 Å². The van der Waals surface area contributed by atoms with E-state index in [0.29, 0.717) is 12.3 Å². The molecule has 1 aromatic heterocycles. The van der Waals surface area contributed by atoms with E-state index in [9.17, 15) is 4.79 Å². The van der Waals surface area contributed by atoms with Crippen molar-refractivity contribution in [2.45, 2.75) is 19.0 Å². The number of amides is 1. The number of carbonyl (C=O) groups is 1. The molecule has 4 aromatic rings. The van der Waals surface area contributed by atoms with Gasteiger partial charge in [-0.3, -0.25) is 4.79 Å². The molecule has 1 amide bonds. The molecule has 0 bridgehead atoms. The van der Waals surface area contributed by atoms with E-state index in [1.54, 1.807) is 0 Å². The van der Waals surface area contributed by atoms with Crippen LogP contribution in [-0.2, 0) is 11.8 Å². The number of aromatic nitrogens is 3. The average Bonchev–Trinajstić information content (AvgIpc) is 3.14. The van der Waals surface area contributed by atoms with Crippen LogP contribution in [0, 0.1) is 6.92 Å². The molecule has 1 heterocycles. The predicted octanol–water partition coefficient (Wildman–Crippen LogP) is 5.09. The van der Waals surface area contributed by atoms with Gasteiger partial charge in [-0.25, -0.2) is 0 Å². The third kappa shape index (κ3) is 3.96. The van der Waals surface area contributed by atoms with Crippen LogP contribution in [0.15, 0.2) is 71.9 Å². The highest BCUT2D eigenvalue weighted by molar-refractivity contribution is 7.99. The van der Waals surface area contributed by atoms with Crippen LogP contribution in [0.3, 0.4) is 0 Å². The third-order valence-electron chi connectivity index (χ3n) is 5.14. The lowest BCUT2D eigenvalue weighted by atomic mass is 10.1. The minimum atomic E-state index is 0.0544. The van der Waals surface area contributed by atoms with E-state index in [0.717, 1.165) is 33.0 Å². The Morgan fingerprint density at radius 1 is 1.00 bits per heavy atom. The number of anilines is 1. The second-order valence-corrected chi connectivity index (χ2v) is 8.10. The first-order valence-electron chi connectivity index (χ1n) is 9.96. The van der Waals surface area contributed by atoms with Crippen molar-refractivity contribution >= 4 is 34.1 Å². The van der Waals surface area contributed by atoms with Gasteiger partial charge in [0.15, 0.2) is 11.0 Å². The molecule has 0 radical (unpaired) electrons. The number of benzene rings is 3. The maximum Gasteiger partial charge on any atom is 0.237 e. The van der Waals surface area contributed by atoms with Gasteiger partial charge < -0.3 is 9.47 Å². The van der Waals surface area contributed by atoms with Crippen LogP contribution < -0.4 is 4.90 Å². The summed E-state index contributed by atoms with van der Waals surface area (Å²) in [6.45, 7) is 4.67. The summed E-state index contributed by atoms with van der Waals surface area (Å²) in [5.74, 6) is 1.15. The van der Waals surface area contributed by atoms with Crippen LogP contribution >= 0.6 is 11.8 Å². The Morgan fingerprint density at radius 3 is 2.50 bits per heavy atom. The van der Waals surface area contributed by atoms with Gasteiger partial charge in [0.2, 0.25) is 5.91 Å². The van der Waals surface area contributed by atoms with Crippen molar-refractivity contribution in [2.24, 2.45) is 7.05 Å². The lowest BCUT2D eigenvalue weighted by Gasteiger charge is -2.22. The van der Waals surface area contributed by atoms with E-state index in [4.69, 9.17) is 0 Å². The highest BCUT2D eigenvalue weighted by Crippen LogP contribution is 2.28. The second-order valence-electron chi connectivity index (χ2n) is 7.16. The molecule has 0 spiro atoms. The van der Waals surface area contributed by atoms with E-state index in [-0.39, 0.29) is 5.91 Å². The van der Waals surface area contributed by atoms with Gasteiger partial charge in [0.1, 0.15) is 0 Å². The Labute approximate surface area is 180 Å². The number of nitrogens with zero attached hydrogens (tertiary/aromatic N) is 4. The SMILES string of the molecule is CCN(C(=O)CSc1nnc(-c2ccc(C)cc2)n1C)c1cccc2ccccc12. The first kappa shape index (κ1) is 20.2. The van der Waals surface area contributed by atoms with Crippen LogP contribution in [0.4, 0.5) is 5.69 Å². The Morgan fingerprint density at radius 2 is 1.73 bits per heavy atom. The molecule has 5 nitrogen and oxygen atoms in total. The number of thioether (sulfide) groups is 1. The summed E-state index contributed by atoms with van der Waals surface area (Å²) in [5, 5.41) is 11.6. The van der Waals surface area contributed by atoms with Gasteiger partial charge in [0.05, 0.1) is 11.4 Å². The fourth-order valence-corrected chi connectivity index (χ4v) is 4.31. The highest BCUT2D eigenvalue weighted by Gasteiger charge is 2.18. The monoisotopic (exact) mass is 416 g/mol. The normalized spacial score (nSPS) is 11.0. The molecular weight excluding hydrogens is 392 g/mol. The molecule has 0 aliphatic rings. The molecule has 6 heteroatoms. The van der Waals surface area contributed by atoms with Gasteiger partial charge in [0, 0.05) is 24.5 Å². The lowest BCUT2D eigenvalue weighted by molar-refractivity contribution is -0.116. The molecule has 30 heavy (non-hydrogen) atoms. The largest absolute Gasteiger partial charge is 0.311 e. The zero-order valence-corrected chi connectivity index (χ0v) is 18.2. The quantitative estimate of drug-likeness (QED) is 0.411. The van der Waals surface area contributed by atoms with E-state index in [2.05, 4.69) is 47.5 Å². The fraction of sp³-hybridized carbons (Fsp3) is 0.208. The van der Waals surface area contributed by atoms with Crippen molar-refractivity contribution in [3.05, 3.63) is 72.3 Å². The summed E-state index contributed by atoms with van der Waals surface area (Å²) >= 11 is 1.42. The predicted molar refractivity (Wildman–Crippen MR) is 124 cm³/mol. The van der Waals surface area contributed by atoms with Crippen molar-refractivity contribution < 1.29 is 4.79 Å². The first-order valence-corrected chi connectivity index (χ1v) is 10.9. The minimum absolute atomic E-state index is 0.0544. The summed E-state index contributed by atoms with van der Waals surface area (Å²) in [4.78, 5) is 14.9. The van der Waals surface area contributed by atoms with Crippen LogP contribution in [-0.4, -0.2) is 33.0 Å². The van der Waals surface area contributed by atoms with E-state index in [1.165, 1.54) is 17.3 Å². The Balaban J connectivity index is 1.52. The number of aryl methyl sites for hydroxylation is 1. The molecule has 0 fully saturated rings. The summed E-state index contributed by atoms with van der Waals surface area (Å²) in [5.41, 5.74) is 3.16. The zero-order chi connectivity index (χ0) is 21.1. The smallest absolute Gasteiger partial charge is 0.237 e. The van der Waals surface area contributed by atoms with Crippen LogP contribution in [0.1, 0.15) is 12.5 Å². The van der Waals surface area contributed by atoms with Crippen molar-refractivity contribution in [3.63, 3.8) is 0 Å². The van der Waals surface area contributed by atoms with Gasteiger partial charge >= 0.3 is 0 Å². The molecule has 3 aromatic carbocycles. The van der Waals surface area contributed by atoms with Gasteiger partial charge in [-0.05, 0) is 25.3 Å². The number of fused-ring (bicyclic) bond motifs is 1. The molecule has 0 saturated carbocycles. The number of hydrogen-bond donors (Lipinski definition) is 0. The van der Waals surface area contributed by atoms with Crippen LogP contribution in [0.5, 0.6) is 0 Å². The number of carbonyl (C=O) groups excluding carboxylic acids is 1. The summed E-state index contributed by atoms with van der Waals surface area (Å²) < 4.78 is 1.94. The Kier molecular flexibility index (Phi) is 5.86. The molecular formula is C24H24N4OS. The maximum absolute atomic E-state index is 13.1. The molecule has 0 saturated heterocycles. The summed E-state index contributed by atoms with van der Waals surface area (Å²) in [7, 11) is 1.93. The van der Waals surface area contributed by atoms with E-state index >= 15 is 0 Å². The first-order chi connectivity index (χ1) is 14.6. The standard InChI is InChI=1S/C24H24N4OS/c1-4-28(21-11-7-9-18-8-5-6-10-20(18)21)22(29)16-30-24-26-25-23(27(24)3)19-14-12-17(2)13-15-19/h5-15H,4,16H2,1-3H3. The van der Waals surface area contributed by atoms with Crippen LogP contribution in [0.25, 0.3) is 22.2 Å². The average molecular weight is 417 g/mol. The zero-order valence-electron chi connectivity index (χ0n) is 17.4. The molecule has 0 N–H and O–H groups in total. The molecule has 0 aliphatic carbocycles. The van der Waals surface area contributed by atoms with Crippen molar-refractivity contribution in [1.82, 2.24) is 14.8 Å². The lowest BCUT2D eigenvalue weighted by Crippen LogP contribution is -2.32. The van der Waals surface area contributed by atoms with Gasteiger partial charge in [-0.1, -0.05) is 78.0 Å². The number of rotatable bonds is 6. The molecule has 0 atom stereocenters. The summed E-state index contributed by atoms with van der Waals surface area (Å²) in [6, 6.07) is 22.4. The fourth-order valence-electron chi connectivity index (χ4n) is 3.52. The third-order valence-corrected chi connectivity index (χ3v) is 6.15. The molecule has 0 aliphatic heterocycles. The Hall–Kier alpha value is -3.12.